The summed E-state index contributed by atoms with van der Waals surface area (Å²) >= 11 is 5.03. The Kier molecular flexibility index (Phi) is 5.14. The molecule has 1 aromatic heterocycles. The Morgan fingerprint density at radius 3 is 2.87 bits per heavy atom. The Hall–Kier alpha value is -2.90. The van der Waals surface area contributed by atoms with Crippen LogP contribution in [0.5, 0.6) is 5.88 Å². The second-order valence-corrected chi connectivity index (χ2v) is 8.65. The molecule has 0 radical (unpaired) electrons. The minimum Gasteiger partial charge on any atom is -0.448 e. The summed E-state index contributed by atoms with van der Waals surface area (Å²) in [4.78, 5) is 4.66. The summed E-state index contributed by atoms with van der Waals surface area (Å²) in [6, 6.07) is 20.5. The highest BCUT2D eigenvalue weighted by molar-refractivity contribution is 9.10. The zero-order chi connectivity index (χ0) is 20.5. The minimum absolute atomic E-state index is 0.425. The van der Waals surface area contributed by atoms with E-state index in [-0.39, 0.29) is 0 Å². The van der Waals surface area contributed by atoms with Crippen molar-refractivity contribution in [1.29, 1.82) is 0 Å². The lowest BCUT2D eigenvalue weighted by molar-refractivity contribution is 0.226. The first-order valence-electron chi connectivity index (χ1n) is 9.42. The fourth-order valence-corrected chi connectivity index (χ4v) is 4.36. The molecule has 148 valence electrons. The lowest BCUT2D eigenvalue weighted by atomic mass is 10.0. The minimum atomic E-state index is -0.425. The average molecular weight is 477 g/mol. The Bertz CT molecular complexity index is 1260. The predicted octanol–water partition coefficient (Wildman–Crippen LogP) is 6.24. The number of hydrogen-bond acceptors (Lipinski definition) is 6. The van der Waals surface area contributed by atoms with Gasteiger partial charge in [-0.2, -0.15) is 4.98 Å². The molecule has 4 aromatic rings. The number of fused-ring (bicyclic) bond motifs is 4. The maximum atomic E-state index is 6.41. The smallest absolute Gasteiger partial charge is 0.247 e. The van der Waals surface area contributed by atoms with Crippen LogP contribution in [0.1, 0.15) is 11.8 Å². The highest BCUT2D eigenvalue weighted by Crippen LogP contribution is 2.41. The van der Waals surface area contributed by atoms with Gasteiger partial charge in [-0.15, -0.1) is 16.8 Å². The number of hydrogen-bond donors (Lipinski definition) is 1. The summed E-state index contributed by atoms with van der Waals surface area (Å²) in [5.41, 5.74) is 3.46. The summed E-state index contributed by atoms with van der Waals surface area (Å²) in [7, 11) is 0. The van der Waals surface area contributed by atoms with Crippen LogP contribution in [0.15, 0.2) is 82.9 Å². The van der Waals surface area contributed by atoms with Crippen LogP contribution in [-0.4, -0.2) is 20.9 Å². The third kappa shape index (κ3) is 3.55. The molecular weight excluding hydrogens is 460 g/mol. The highest BCUT2D eigenvalue weighted by Gasteiger charge is 2.27. The van der Waals surface area contributed by atoms with Crippen molar-refractivity contribution in [2.45, 2.75) is 11.4 Å². The first kappa shape index (κ1) is 19.1. The van der Waals surface area contributed by atoms with E-state index in [9.17, 15) is 0 Å². The van der Waals surface area contributed by atoms with E-state index in [0.717, 1.165) is 32.1 Å². The first-order valence-corrected chi connectivity index (χ1v) is 11.2. The van der Waals surface area contributed by atoms with Crippen molar-refractivity contribution in [3.63, 3.8) is 0 Å². The van der Waals surface area contributed by atoms with E-state index < -0.39 is 6.23 Å². The fraction of sp³-hybridized carbons (Fsp3) is 0.0870. The van der Waals surface area contributed by atoms with Crippen LogP contribution < -0.4 is 10.1 Å². The number of aromatic nitrogens is 3. The van der Waals surface area contributed by atoms with Crippen molar-refractivity contribution < 1.29 is 4.74 Å². The summed E-state index contributed by atoms with van der Waals surface area (Å²) in [6.45, 7) is 3.76. The van der Waals surface area contributed by atoms with E-state index in [0.29, 0.717) is 22.5 Å². The first-order chi connectivity index (χ1) is 14.7. The quantitative estimate of drug-likeness (QED) is 0.278. The molecule has 0 spiro atoms. The lowest BCUT2D eigenvalue weighted by Gasteiger charge is -2.21. The van der Waals surface area contributed by atoms with E-state index in [1.807, 2.05) is 42.5 Å². The molecule has 1 N–H and O–H groups in total. The van der Waals surface area contributed by atoms with Crippen LogP contribution in [0.2, 0.25) is 0 Å². The molecule has 0 amide bonds. The van der Waals surface area contributed by atoms with Crippen LogP contribution >= 0.6 is 27.7 Å². The van der Waals surface area contributed by atoms with Gasteiger partial charge in [-0.1, -0.05) is 76.2 Å². The van der Waals surface area contributed by atoms with Crippen LogP contribution in [0.25, 0.3) is 22.0 Å². The monoisotopic (exact) mass is 476 g/mol. The molecule has 2 heterocycles. The Morgan fingerprint density at radius 2 is 1.97 bits per heavy atom. The number of halogens is 1. The third-order valence-electron chi connectivity index (χ3n) is 4.82. The topological polar surface area (TPSA) is 59.9 Å². The van der Waals surface area contributed by atoms with E-state index in [1.165, 1.54) is 11.8 Å². The Balaban J connectivity index is 1.67. The molecule has 7 heteroatoms. The number of anilines is 1. The van der Waals surface area contributed by atoms with Gasteiger partial charge in [-0.05, 0) is 29.0 Å². The largest absolute Gasteiger partial charge is 0.448 e. The lowest BCUT2D eigenvalue weighted by Crippen LogP contribution is -2.17. The molecule has 30 heavy (non-hydrogen) atoms. The van der Waals surface area contributed by atoms with Gasteiger partial charge < -0.3 is 10.1 Å². The molecule has 0 fully saturated rings. The second-order valence-electron chi connectivity index (χ2n) is 6.75. The maximum Gasteiger partial charge on any atom is 0.247 e. The molecule has 5 nitrogen and oxygen atoms in total. The van der Waals surface area contributed by atoms with Gasteiger partial charge in [-0.25, -0.2) is 0 Å². The van der Waals surface area contributed by atoms with Crippen LogP contribution in [0.3, 0.4) is 0 Å². The predicted molar refractivity (Wildman–Crippen MR) is 125 cm³/mol. The molecule has 1 aliphatic rings. The van der Waals surface area contributed by atoms with Gasteiger partial charge in [0.15, 0.2) is 11.9 Å². The number of ether oxygens (including phenoxy) is 1. The molecule has 0 unspecified atom stereocenters. The third-order valence-corrected chi connectivity index (χ3v) is 6.15. The number of nitrogens with zero attached hydrogens (tertiary/aromatic N) is 3. The summed E-state index contributed by atoms with van der Waals surface area (Å²) < 4.78 is 7.36. The molecule has 1 atom stereocenters. The standard InChI is InChI=1S/C23H17BrN4OS/c1-2-12-30-23-26-22-20(27-28-23)18-13-15(24)10-11-19(18)25-21(29-22)17-9-5-7-14-6-3-4-8-16(14)17/h2-11,13,21,25H,1,12H2/t21-/m0/s1. The normalized spacial score (nSPS) is 14.8. The molecule has 0 aliphatic carbocycles. The molecule has 0 bridgehead atoms. The van der Waals surface area contributed by atoms with Crippen LogP contribution in [-0.2, 0) is 0 Å². The summed E-state index contributed by atoms with van der Waals surface area (Å²) in [5.74, 6) is 1.16. The van der Waals surface area contributed by atoms with Gasteiger partial charge in [-0.3, -0.25) is 0 Å². The van der Waals surface area contributed by atoms with Crippen LogP contribution in [0, 0.1) is 0 Å². The molecule has 0 saturated carbocycles. The van der Waals surface area contributed by atoms with E-state index >= 15 is 0 Å². The zero-order valence-electron chi connectivity index (χ0n) is 15.9. The van der Waals surface area contributed by atoms with E-state index in [4.69, 9.17) is 4.74 Å². The van der Waals surface area contributed by atoms with Gasteiger partial charge in [0.05, 0.1) is 0 Å². The zero-order valence-corrected chi connectivity index (χ0v) is 18.3. The molecule has 1 aliphatic heterocycles. The van der Waals surface area contributed by atoms with Gasteiger partial charge >= 0.3 is 0 Å². The molecule has 3 aromatic carbocycles. The Morgan fingerprint density at radius 1 is 1.10 bits per heavy atom. The summed E-state index contributed by atoms with van der Waals surface area (Å²) in [5, 5.41) is 15.1. The van der Waals surface area contributed by atoms with Crippen molar-refractivity contribution in [3.05, 3.63) is 83.4 Å². The number of benzene rings is 3. The van der Waals surface area contributed by atoms with E-state index in [1.54, 1.807) is 0 Å². The SMILES string of the molecule is C=CCSc1nnc2c(n1)O[C@@H](c1cccc3ccccc13)Nc1ccc(Br)cc1-2. The van der Waals surface area contributed by atoms with Gasteiger partial charge in [0, 0.05) is 27.0 Å². The average Bonchev–Trinajstić information content (AvgIpc) is 2.93. The highest BCUT2D eigenvalue weighted by atomic mass is 79.9. The van der Waals surface area contributed by atoms with E-state index in [2.05, 4.69) is 67.3 Å². The van der Waals surface area contributed by atoms with Crippen molar-refractivity contribution in [2.24, 2.45) is 0 Å². The maximum absolute atomic E-state index is 6.41. The van der Waals surface area contributed by atoms with Gasteiger partial charge in [0.2, 0.25) is 11.0 Å². The van der Waals surface area contributed by atoms with Crippen molar-refractivity contribution in [3.8, 4) is 17.1 Å². The molecular formula is C23H17BrN4OS. The van der Waals surface area contributed by atoms with Gasteiger partial charge in [0.1, 0.15) is 0 Å². The van der Waals surface area contributed by atoms with Crippen molar-refractivity contribution >= 4 is 44.2 Å². The Labute approximate surface area is 186 Å². The van der Waals surface area contributed by atoms with Crippen molar-refractivity contribution in [2.75, 3.05) is 11.1 Å². The molecule has 0 saturated heterocycles. The fourth-order valence-electron chi connectivity index (χ4n) is 3.48. The second kappa shape index (κ2) is 8.08. The number of nitrogens with one attached hydrogen (secondary N) is 1. The number of thioether (sulfide) groups is 1. The summed E-state index contributed by atoms with van der Waals surface area (Å²) in [6.07, 6.45) is 1.39. The van der Waals surface area contributed by atoms with Crippen LogP contribution in [0.4, 0.5) is 5.69 Å². The van der Waals surface area contributed by atoms with Gasteiger partial charge in [0.25, 0.3) is 0 Å². The number of rotatable bonds is 4. The van der Waals surface area contributed by atoms with Crippen molar-refractivity contribution in [1.82, 2.24) is 15.2 Å². The molecule has 5 rings (SSSR count).